The fourth-order valence-corrected chi connectivity index (χ4v) is 1.53. The van der Waals surface area contributed by atoms with Crippen molar-refractivity contribution in [3.05, 3.63) is 28.8 Å². The minimum Gasteiger partial charge on any atom is -0.462 e. The fraction of sp³-hybridized carbons (Fsp3) is 0.385. The number of nitrogens with two attached hydrogens (primary N) is 1. The predicted octanol–water partition coefficient (Wildman–Crippen LogP) is 1.18. The molecular formula is C13H18N2O3. The van der Waals surface area contributed by atoms with Gasteiger partial charge in [0.2, 0.25) is 5.91 Å². The third-order valence-corrected chi connectivity index (χ3v) is 2.67. The number of benzene rings is 1. The SMILES string of the molecule is CNC(=O)CCOC(=O)c1cc(N)c(C)cc1C. The van der Waals surface area contributed by atoms with Gasteiger partial charge in [0.05, 0.1) is 12.0 Å². The van der Waals surface area contributed by atoms with Gasteiger partial charge in [0, 0.05) is 12.7 Å². The van der Waals surface area contributed by atoms with Crippen molar-refractivity contribution < 1.29 is 14.3 Å². The molecule has 98 valence electrons. The number of carbonyl (C=O) groups is 2. The van der Waals surface area contributed by atoms with Crippen molar-refractivity contribution >= 4 is 17.6 Å². The van der Waals surface area contributed by atoms with E-state index in [0.29, 0.717) is 11.3 Å². The summed E-state index contributed by atoms with van der Waals surface area (Å²) in [7, 11) is 1.54. The van der Waals surface area contributed by atoms with E-state index in [2.05, 4.69) is 5.32 Å². The maximum absolute atomic E-state index is 11.8. The van der Waals surface area contributed by atoms with Gasteiger partial charge in [-0.05, 0) is 31.0 Å². The topological polar surface area (TPSA) is 81.4 Å². The molecule has 0 radical (unpaired) electrons. The monoisotopic (exact) mass is 250 g/mol. The lowest BCUT2D eigenvalue weighted by atomic mass is 10.0. The van der Waals surface area contributed by atoms with Crippen molar-refractivity contribution in [3.8, 4) is 0 Å². The average Bonchev–Trinajstić information content (AvgIpc) is 2.33. The summed E-state index contributed by atoms with van der Waals surface area (Å²) < 4.78 is 5.02. The van der Waals surface area contributed by atoms with Crippen LogP contribution in [0, 0.1) is 13.8 Å². The molecule has 1 rings (SSSR count). The van der Waals surface area contributed by atoms with E-state index in [4.69, 9.17) is 10.5 Å². The van der Waals surface area contributed by atoms with Gasteiger partial charge in [-0.3, -0.25) is 4.79 Å². The Labute approximate surface area is 106 Å². The van der Waals surface area contributed by atoms with Crippen LogP contribution in [0.2, 0.25) is 0 Å². The molecule has 0 aromatic heterocycles. The van der Waals surface area contributed by atoms with E-state index in [1.165, 1.54) is 7.05 Å². The van der Waals surface area contributed by atoms with E-state index in [1.54, 1.807) is 6.07 Å². The van der Waals surface area contributed by atoms with Crippen molar-refractivity contribution in [2.45, 2.75) is 20.3 Å². The number of nitrogens with one attached hydrogen (secondary N) is 1. The van der Waals surface area contributed by atoms with Crippen LogP contribution in [0.1, 0.15) is 27.9 Å². The Kier molecular flexibility index (Phi) is 4.71. The number of hydrogen-bond donors (Lipinski definition) is 2. The number of rotatable bonds is 4. The largest absolute Gasteiger partial charge is 0.462 e. The van der Waals surface area contributed by atoms with Crippen LogP contribution in [0.5, 0.6) is 0 Å². The highest BCUT2D eigenvalue weighted by atomic mass is 16.5. The minimum atomic E-state index is -0.455. The third-order valence-electron chi connectivity index (χ3n) is 2.67. The van der Waals surface area contributed by atoms with Crippen LogP contribution in [0.3, 0.4) is 0 Å². The minimum absolute atomic E-state index is 0.0612. The van der Waals surface area contributed by atoms with Crippen LogP contribution in [0.15, 0.2) is 12.1 Å². The highest BCUT2D eigenvalue weighted by Gasteiger charge is 2.12. The highest BCUT2D eigenvalue weighted by molar-refractivity contribution is 5.92. The van der Waals surface area contributed by atoms with Crippen molar-refractivity contribution in [2.75, 3.05) is 19.4 Å². The molecule has 3 N–H and O–H groups in total. The summed E-state index contributed by atoms with van der Waals surface area (Å²) in [6.45, 7) is 3.76. The van der Waals surface area contributed by atoms with Gasteiger partial charge in [-0.25, -0.2) is 4.79 Å². The van der Waals surface area contributed by atoms with Crippen LogP contribution in [-0.2, 0) is 9.53 Å². The molecule has 0 heterocycles. The summed E-state index contributed by atoms with van der Waals surface area (Å²) in [5.41, 5.74) is 8.49. The second-order valence-corrected chi connectivity index (χ2v) is 4.08. The number of esters is 1. The third kappa shape index (κ3) is 3.48. The summed E-state index contributed by atoms with van der Waals surface area (Å²) in [6, 6.07) is 3.44. The normalized spacial score (nSPS) is 9.94. The number of amides is 1. The maximum Gasteiger partial charge on any atom is 0.338 e. The van der Waals surface area contributed by atoms with Gasteiger partial charge < -0.3 is 15.8 Å². The second-order valence-electron chi connectivity index (χ2n) is 4.08. The van der Waals surface area contributed by atoms with Crippen LogP contribution < -0.4 is 11.1 Å². The van der Waals surface area contributed by atoms with Gasteiger partial charge in [0.25, 0.3) is 0 Å². The zero-order valence-corrected chi connectivity index (χ0v) is 10.9. The van der Waals surface area contributed by atoms with E-state index in [1.807, 2.05) is 19.9 Å². The smallest absolute Gasteiger partial charge is 0.338 e. The Morgan fingerprint density at radius 2 is 1.94 bits per heavy atom. The lowest BCUT2D eigenvalue weighted by Crippen LogP contribution is -2.20. The summed E-state index contributed by atoms with van der Waals surface area (Å²) >= 11 is 0. The molecule has 1 amide bonds. The molecule has 0 bridgehead atoms. The molecule has 0 unspecified atom stereocenters. The summed E-state index contributed by atoms with van der Waals surface area (Å²) in [4.78, 5) is 22.8. The Bertz CT molecular complexity index is 470. The maximum atomic E-state index is 11.8. The first-order valence-electron chi connectivity index (χ1n) is 5.70. The van der Waals surface area contributed by atoms with Crippen LogP contribution in [0.4, 0.5) is 5.69 Å². The number of carbonyl (C=O) groups excluding carboxylic acids is 2. The van der Waals surface area contributed by atoms with Gasteiger partial charge in [0.15, 0.2) is 0 Å². The van der Waals surface area contributed by atoms with Gasteiger partial charge in [-0.2, -0.15) is 0 Å². The standard InChI is InChI=1S/C13H18N2O3/c1-8-6-9(2)11(14)7-10(8)13(17)18-5-4-12(16)15-3/h6-7H,4-5,14H2,1-3H3,(H,15,16). The predicted molar refractivity (Wildman–Crippen MR) is 69.3 cm³/mol. The first-order valence-corrected chi connectivity index (χ1v) is 5.70. The highest BCUT2D eigenvalue weighted by Crippen LogP contribution is 2.18. The molecule has 1 aromatic rings. The molecule has 5 nitrogen and oxygen atoms in total. The number of ether oxygens (including phenoxy) is 1. The molecule has 0 spiro atoms. The lowest BCUT2D eigenvalue weighted by Gasteiger charge is -2.09. The fourth-order valence-electron chi connectivity index (χ4n) is 1.53. The molecular weight excluding hydrogens is 232 g/mol. The van der Waals surface area contributed by atoms with Gasteiger partial charge >= 0.3 is 5.97 Å². The Hall–Kier alpha value is -2.04. The second kappa shape index (κ2) is 6.05. The van der Waals surface area contributed by atoms with E-state index < -0.39 is 5.97 Å². The number of anilines is 1. The summed E-state index contributed by atoms with van der Waals surface area (Å²) in [5.74, 6) is -0.619. The average molecular weight is 250 g/mol. The molecule has 0 aliphatic carbocycles. The summed E-state index contributed by atoms with van der Waals surface area (Å²) in [5, 5.41) is 2.46. The lowest BCUT2D eigenvalue weighted by molar-refractivity contribution is -0.121. The van der Waals surface area contributed by atoms with Crippen LogP contribution in [0.25, 0.3) is 0 Å². The Morgan fingerprint density at radius 3 is 2.56 bits per heavy atom. The van der Waals surface area contributed by atoms with Gasteiger partial charge in [0.1, 0.15) is 6.61 Å². The van der Waals surface area contributed by atoms with E-state index in [-0.39, 0.29) is 18.9 Å². The molecule has 0 aliphatic rings. The van der Waals surface area contributed by atoms with E-state index >= 15 is 0 Å². The zero-order valence-electron chi connectivity index (χ0n) is 10.9. The molecule has 0 saturated heterocycles. The van der Waals surface area contributed by atoms with Crippen LogP contribution >= 0.6 is 0 Å². The molecule has 0 aliphatic heterocycles. The van der Waals surface area contributed by atoms with E-state index in [9.17, 15) is 9.59 Å². The molecule has 0 saturated carbocycles. The van der Waals surface area contributed by atoms with Crippen LogP contribution in [-0.4, -0.2) is 25.5 Å². The van der Waals surface area contributed by atoms with Gasteiger partial charge in [-0.15, -0.1) is 0 Å². The molecule has 5 heteroatoms. The number of hydrogen-bond acceptors (Lipinski definition) is 4. The zero-order chi connectivity index (χ0) is 13.7. The first-order chi connectivity index (χ1) is 8.45. The molecule has 1 aromatic carbocycles. The van der Waals surface area contributed by atoms with Crippen molar-refractivity contribution in [3.63, 3.8) is 0 Å². The van der Waals surface area contributed by atoms with Gasteiger partial charge in [-0.1, -0.05) is 6.07 Å². The van der Waals surface area contributed by atoms with E-state index in [0.717, 1.165) is 11.1 Å². The van der Waals surface area contributed by atoms with Crippen molar-refractivity contribution in [2.24, 2.45) is 0 Å². The number of aryl methyl sites for hydroxylation is 2. The molecule has 0 atom stereocenters. The van der Waals surface area contributed by atoms with Crippen molar-refractivity contribution in [1.82, 2.24) is 5.32 Å². The molecule has 0 fully saturated rings. The number of nitrogen functional groups attached to an aromatic ring is 1. The first kappa shape index (κ1) is 14.0. The quantitative estimate of drug-likeness (QED) is 0.621. The molecule has 18 heavy (non-hydrogen) atoms. The summed E-state index contributed by atoms with van der Waals surface area (Å²) in [6.07, 6.45) is 0.155. The Morgan fingerprint density at radius 1 is 1.28 bits per heavy atom. The van der Waals surface area contributed by atoms with Crippen molar-refractivity contribution in [1.29, 1.82) is 0 Å². The Balaban J connectivity index is 2.67.